The lowest BCUT2D eigenvalue weighted by Gasteiger charge is -2.21. The van der Waals surface area contributed by atoms with E-state index < -0.39 is 0 Å². The van der Waals surface area contributed by atoms with Crippen LogP contribution in [0.15, 0.2) is 35.2 Å². The van der Waals surface area contributed by atoms with E-state index in [4.69, 9.17) is 11.6 Å². The Bertz CT molecular complexity index is 345. The second kappa shape index (κ2) is 9.29. The molecule has 1 rings (SSSR count). The Balaban J connectivity index is 2.40. The fourth-order valence-electron chi connectivity index (χ4n) is 1.57. The summed E-state index contributed by atoms with van der Waals surface area (Å²) in [6.45, 7) is 3.59. The number of unbranched alkanes of at least 4 members (excludes halogenated alkanes) is 1. The Kier molecular flexibility index (Phi) is 7.94. The second-order valence-corrected chi connectivity index (χ2v) is 5.45. The summed E-state index contributed by atoms with van der Waals surface area (Å²) in [6.07, 6.45) is 2.14. The number of thioether (sulfide) groups is 1. The fourth-order valence-corrected chi connectivity index (χ4v) is 2.59. The molecule has 0 aromatic heterocycles. The van der Waals surface area contributed by atoms with Gasteiger partial charge >= 0.3 is 0 Å². The van der Waals surface area contributed by atoms with Crippen LogP contribution in [0.2, 0.25) is 0 Å². The first-order chi connectivity index (χ1) is 8.77. The molecule has 0 radical (unpaired) electrons. The molecule has 0 aliphatic rings. The van der Waals surface area contributed by atoms with Crippen molar-refractivity contribution in [3.8, 4) is 0 Å². The molecule has 0 aliphatic heterocycles. The minimum absolute atomic E-state index is 0.179. The Morgan fingerprint density at radius 2 is 2.00 bits per heavy atom. The molecule has 0 saturated carbocycles. The molecule has 100 valence electrons. The normalized spacial score (nSPS) is 10.3. The third-order valence-electron chi connectivity index (χ3n) is 2.59. The molecule has 1 aromatic carbocycles. The number of alkyl halides is 1. The molecule has 0 fully saturated rings. The van der Waals surface area contributed by atoms with E-state index in [1.807, 2.05) is 35.2 Å². The van der Waals surface area contributed by atoms with Crippen LogP contribution < -0.4 is 0 Å². The third kappa shape index (κ3) is 5.78. The lowest BCUT2D eigenvalue weighted by Crippen LogP contribution is -2.34. The van der Waals surface area contributed by atoms with Crippen molar-refractivity contribution in [3.63, 3.8) is 0 Å². The number of halogens is 1. The van der Waals surface area contributed by atoms with Gasteiger partial charge in [-0.1, -0.05) is 31.5 Å². The number of benzene rings is 1. The maximum atomic E-state index is 12.1. The number of hydrogen-bond donors (Lipinski definition) is 0. The molecule has 1 aromatic rings. The van der Waals surface area contributed by atoms with Crippen LogP contribution in [0, 0.1) is 0 Å². The van der Waals surface area contributed by atoms with Crippen LogP contribution >= 0.6 is 23.4 Å². The zero-order chi connectivity index (χ0) is 13.2. The lowest BCUT2D eigenvalue weighted by atomic mass is 10.3. The van der Waals surface area contributed by atoms with Crippen LogP contribution in [0.25, 0.3) is 0 Å². The van der Waals surface area contributed by atoms with Gasteiger partial charge in [0.15, 0.2) is 0 Å². The molecular weight excluding hydrogens is 266 g/mol. The Morgan fingerprint density at radius 3 is 2.61 bits per heavy atom. The standard InChI is InChI=1S/C14H20ClNOS/c1-2-3-10-16(11-9-15)14(17)12-18-13-7-5-4-6-8-13/h4-8H,2-3,9-12H2,1H3. The van der Waals surface area contributed by atoms with Gasteiger partial charge in [0, 0.05) is 23.9 Å². The van der Waals surface area contributed by atoms with Crippen molar-refractivity contribution in [2.45, 2.75) is 24.7 Å². The van der Waals surface area contributed by atoms with E-state index in [9.17, 15) is 4.79 Å². The average molecular weight is 286 g/mol. The number of carbonyl (C=O) groups is 1. The van der Waals surface area contributed by atoms with Crippen molar-refractivity contribution in [1.29, 1.82) is 0 Å². The van der Waals surface area contributed by atoms with Gasteiger partial charge in [0.1, 0.15) is 0 Å². The smallest absolute Gasteiger partial charge is 0.232 e. The van der Waals surface area contributed by atoms with E-state index >= 15 is 0 Å². The van der Waals surface area contributed by atoms with Crippen LogP contribution in [-0.4, -0.2) is 35.5 Å². The highest BCUT2D eigenvalue weighted by Crippen LogP contribution is 2.17. The predicted molar refractivity (Wildman–Crippen MR) is 79.4 cm³/mol. The molecule has 18 heavy (non-hydrogen) atoms. The summed E-state index contributed by atoms with van der Waals surface area (Å²) >= 11 is 7.32. The van der Waals surface area contributed by atoms with Crippen molar-refractivity contribution in [3.05, 3.63) is 30.3 Å². The second-order valence-electron chi connectivity index (χ2n) is 4.03. The van der Waals surface area contributed by atoms with Crippen LogP contribution in [0.1, 0.15) is 19.8 Å². The minimum Gasteiger partial charge on any atom is -0.341 e. The van der Waals surface area contributed by atoms with E-state index in [0.717, 1.165) is 24.3 Å². The van der Waals surface area contributed by atoms with Gasteiger partial charge in [-0.15, -0.1) is 23.4 Å². The lowest BCUT2D eigenvalue weighted by molar-refractivity contribution is -0.128. The fraction of sp³-hybridized carbons (Fsp3) is 0.500. The highest BCUT2D eigenvalue weighted by Gasteiger charge is 2.12. The summed E-state index contributed by atoms with van der Waals surface area (Å²) in [5.41, 5.74) is 0. The molecular formula is C14H20ClNOS. The topological polar surface area (TPSA) is 20.3 Å². The predicted octanol–water partition coefficient (Wildman–Crippen LogP) is 3.65. The van der Waals surface area contributed by atoms with Crippen LogP contribution in [0.5, 0.6) is 0 Å². The summed E-state index contributed by atoms with van der Waals surface area (Å²) < 4.78 is 0. The van der Waals surface area contributed by atoms with Crippen LogP contribution in [-0.2, 0) is 4.79 Å². The van der Waals surface area contributed by atoms with Gasteiger partial charge in [0.25, 0.3) is 0 Å². The number of carbonyl (C=O) groups excluding carboxylic acids is 1. The summed E-state index contributed by atoms with van der Waals surface area (Å²) in [5, 5.41) is 0. The number of nitrogens with zero attached hydrogens (tertiary/aromatic N) is 1. The summed E-state index contributed by atoms with van der Waals surface area (Å²) in [7, 11) is 0. The van der Waals surface area contributed by atoms with Gasteiger partial charge in [-0.05, 0) is 18.6 Å². The largest absolute Gasteiger partial charge is 0.341 e. The monoisotopic (exact) mass is 285 g/mol. The number of hydrogen-bond acceptors (Lipinski definition) is 2. The Hall–Kier alpha value is -0.670. The van der Waals surface area contributed by atoms with Crippen molar-refractivity contribution in [2.24, 2.45) is 0 Å². The summed E-state index contributed by atoms with van der Waals surface area (Å²) in [5.74, 6) is 1.17. The van der Waals surface area contributed by atoms with E-state index in [-0.39, 0.29) is 5.91 Å². The minimum atomic E-state index is 0.179. The maximum absolute atomic E-state index is 12.1. The molecule has 1 amide bonds. The molecule has 0 bridgehead atoms. The SMILES string of the molecule is CCCCN(CCCl)C(=O)CSc1ccccc1. The van der Waals surface area contributed by atoms with Gasteiger partial charge in [-0.25, -0.2) is 0 Å². The number of rotatable bonds is 8. The van der Waals surface area contributed by atoms with Crippen LogP contribution in [0.4, 0.5) is 0 Å². The van der Waals surface area contributed by atoms with Crippen molar-refractivity contribution >= 4 is 29.3 Å². The highest BCUT2D eigenvalue weighted by atomic mass is 35.5. The third-order valence-corrected chi connectivity index (χ3v) is 3.76. The molecule has 0 unspecified atom stereocenters. The Labute approximate surface area is 119 Å². The van der Waals surface area contributed by atoms with Crippen molar-refractivity contribution in [2.75, 3.05) is 24.7 Å². The highest BCUT2D eigenvalue weighted by molar-refractivity contribution is 8.00. The van der Waals surface area contributed by atoms with Crippen molar-refractivity contribution in [1.82, 2.24) is 4.90 Å². The molecule has 0 saturated heterocycles. The first-order valence-corrected chi connectivity index (χ1v) is 7.81. The summed E-state index contributed by atoms with van der Waals surface area (Å²) in [4.78, 5) is 15.1. The van der Waals surface area contributed by atoms with E-state index in [1.165, 1.54) is 0 Å². The van der Waals surface area contributed by atoms with E-state index in [2.05, 4.69) is 6.92 Å². The van der Waals surface area contributed by atoms with E-state index in [1.54, 1.807) is 11.8 Å². The number of amides is 1. The zero-order valence-electron chi connectivity index (χ0n) is 10.8. The van der Waals surface area contributed by atoms with Gasteiger partial charge in [0.2, 0.25) is 5.91 Å². The molecule has 4 heteroatoms. The van der Waals surface area contributed by atoms with E-state index in [0.29, 0.717) is 18.2 Å². The van der Waals surface area contributed by atoms with Crippen molar-refractivity contribution < 1.29 is 4.79 Å². The molecule has 0 aliphatic carbocycles. The quantitative estimate of drug-likeness (QED) is 0.537. The Morgan fingerprint density at radius 1 is 1.28 bits per heavy atom. The van der Waals surface area contributed by atoms with Gasteiger partial charge < -0.3 is 4.90 Å². The first kappa shape index (κ1) is 15.4. The molecule has 2 nitrogen and oxygen atoms in total. The van der Waals surface area contributed by atoms with Gasteiger partial charge in [-0.3, -0.25) is 4.79 Å². The molecule has 0 heterocycles. The molecule has 0 N–H and O–H groups in total. The molecule has 0 spiro atoms. The maximum Gasteiger partial charge on any atom is 0.232 e. The zero-order valence-corrected chi connectivity index (χ0v) is 12.3. The van der Waals surface area contributed by atoms with Gasteiger partial charge in [-0.2, -0.15) is 0 Å². The average Bonchev–Trinajstić information content (AvgIpc) is 2.42. The first-order valence-electron chi connectivity index (χ1n) is 6.29. The van der Waals surface area contributed by atoms with Gasteiger partial charge in [0.05, 0.1) is 5.75 Å². The summed E-state index contributed by atoms with van der Waals surface area (Å²) in [6, 6.07) is 10.00. The van der Waals surface area contributed by atoms with Crippen LogP contribution in [0.3, 0.4) is 0 Å². The molecule has 0 atom stereocenters.